The Morgan fingerprint density at radius 3 is 1.36 bits per heavy atom. The number of benzene rings is 2. The first-order valence-electron chi connectivity index (χ1n) is 14.8. The summed E-state index contributed by atoms with van der Waals surface area (Å²) in [5.41, 5.74) is 0. The standard InChI is InChI=1S/C33H52O2Si/c1-3-5-7-8-9-10-11-12-13-14-15-16-17-25-31-35-36(34-30-24-6-4-2,32-26-20-18-21-27-32)33-28-22-19-23-29-33/h4,18-23,26-29H,2-3,5-17,24-25,30-31H2,1H3. The maximum absolute atomic E-state index is 6.78. The summed E-state index contributed by atoms with van der Waals surface area (Å²) in [5.74, 6) is 0. The molecule has 0 amide bonds. The van der Waals surface area contributed by atoms with Crippen molar-refractivity contribution in [3.63, 3.8) is 0 Å². The van der Waals surface area contributed by atoms with E-state index in [1.807, 2.05) is 6.08 Å². The Bertz CT molecular complexity index is 722. The van der Waals surface area contributed by atoms with E-state index in [4.69, 9.17) is 8.85 Å². The van der Waals surface area contributed by atoms with Crippen molar-refractivity contribution in [3.8, 4) is 0 Å². The third kappa shape index (κ3) is 12.0. The van der Waals surface area contributed by atoms with Crippen molar-refractivity contribution < 1.29 is 8.85 Å². The molecule has 0 saturated carbocycles. The van der Waals surface area contributed by atoms with Crippen LogP contribution < -0.4 is 10.4 Å². The van der Waals surface area contributed by atoms with Gasteiger partial charge < -0.3 is 8.85 Å². The van der Waals surface area contributed by atoms with Crippen LogP contribution in [0.4, 0.5) is 0 Å². The highest BCUT2D eigenvalue weighted by Crippen LogP contribution is 2.15. The highest BCUT2D eigenvalue weighted by Gasteiger charge is 2.42. The van der Waals surface area contributed by atoms with Crippen molar-refractivity contribution in [3.05, 3.63) is 73.3 Å². The molecule has 0 N–H and O–H groups in total. The molecule has 0 spiro atoms. The van der Waals surface area contributed by atoms with Crippen molar-refractivity contribution >= 4 is 18.9 Å². The molecule has 0 aliphatic rings. The van der Waals surface area contributed by atoms with Crippen LogP contribution in [0, 0.1) is 0 Å². The van der Waals surface area contributed by atoms with Gasteiger partial charge in [0.1, 0.15) is 0 Å². The van der Waals surface area contributed by atoms with Gasteiger partial charge in [-0.1, -0.05) is 157 Å². The summed E-state index contributed by atoms with van der Waals surface area (Å²) in [5, 5.41) is 2.39. The summed E-state index contributed by atoms with van der Waals surface area (Å²) in [4.78, 5) is 0. The monoisotopic (exact) mass is 508 g/mol. The van der Waals surface area contributed by atoms with Gasteiger partial charge in [0.25, 0.3) is 0 Å². The molecular weight excluding hydrogens is 456 g/mol. The summed E-state index contributed by atoms with van der Waals surface area (Å²) < 4.78 is 13.5. The van der Waals surface area contributed by atoms with Gasteiger partial charge in [0.05, 0.1) is 0 Å². The predicted octanol–water partition coefficient (Wildman–Crippen LogP) is 8.72. The minimum absolute atomic E-state index is 0.695. The van der Waals surface area contributed by atoms with E-state index in [0.717, 1.165) is 25.9 Å². The second kappa shape index (κ2) is 20.4. The molecule has 0 atom stereocenters. The van der Waals surface area contributed by atoms with Crippen molar-refractivity contribution in [2.45, 2.75) is 110 Å². The summed E-state index contributed by atoms with van der Waals surface area (Å²) in [7, 11) is -2.74. The van der Waals surface area contributed by atoms with Gasteiger partial charge in [-0.15, -0.1) is 6.58 Å². The highest BCUT2D eigenvalue weighted by atomic mass is 28.4. The molecule has 2 aromatic carbocycles. The average Bonchev–Trinajstić information content (AvgIpc) is 2.93. The lowest BCUT2D eigenvalue weighted by molar-refractivity contribution is 0.186. The molecule has 0 radical (unpaired) electrons. The van der Waals surface area contributed by atoms with Gasteiger partial charge in [-0.2, -0.15) is 0 Å². The van der Waals surface area contributed by atoms with Gasteiger partial charge in [-0.05, 0) is 29.6 Å². The molecular formula is C33H52O2Si. The lowest BCUT2D eigenvalue weighted by Crippen LogP contribution is -2.63. The minimum Gasteiger partial charge on any atom is -0.388 e. The van der Waals surface area contributed by atoms with Crippen LogP contribution >= 0.6 is 0 Å². The van der Waals surface area contributed by atoms with Crippen molar-refractivity contribution in [1.82, 2.24) is 0 Å². The van der Waals surface area contributed by atoms with Crippen LogP contribution in [0.15, 0.2) is 73.3 Å². The van der Waals surface area contributed by atoms with E-state index < -0.39 is 8.56 Å². The summed E-state index contributed by atoms with van der Waals surface area (Å²) in [6.45, 7) is 7.60. The topological polar surface area (TPSA) is 18.5 Å². The first kappa shape index (κ1) is 30.5. The number of allylic oxidation sites excluding steroid dienone is 1. The lowest BCUT2D eigenvalue weighted by atomic mass is 10.0. The fraction of sp³-hybridized carbons (Fsp3) is 0.576. The number of hydrogen-bond acceptors (Lipinski definition) is 2. The molecule has 0 bridgehead atoms. The fourth-order valence-corrected chi connectivity index (χ4v) is 8.02. The molecule has 2 rings (SSSR count). The van der Waals surface area contributed by atoms with E-state index >= 15 is 0 Å². The number of unbranched alkanes of at least 4 members (excludes halogenated alkanes) is 14. The fourth-order valence-electron chi connectivity index (χ4n) is 4.81. The quantitative estimate of drug-likeness (QED) is 0.0848. The van der Waals surface area contributed by atoms with Gasteiger partial charge in [0.15, 0.2) is 0 Å². The number of rotatable bonds is 23. The molecule has 0 saturated heterocycles. The van der Waals surface area contributed by atoms with Crippen molar-refractivity contribution in [2.75, 3.05) is 13.2 Å². The van der Waals surface area contributed by atoms with Gasteiger partial charge in [0.2, 0.25) is 0 Å². The third-order valence-electron chi connectivity index (χ3n) is 6.97. The van der Waals surface area contributed by atoms with Crippen LogP contribution in [0.2, 0.25) is 0 Å². The van der Waals surface area contributed by atoms with Crippen LogP contribution in [-0.2, 0) is 8.85 Å². The maximum atomic E-state index is 6.78. The molecule has 0 fully saturated rings. The zero-order valence-corrected chi connectivity index (χ0v) is 24.1. The number of hydrogen-bond donors (Lipinski definition) is 0. The smallest absolute Gasteiger partial charge is 0.388 e. The Kier molecular flexibility index (Phi) is 17.3. The van der Waals surface area contributed by atoms with Crippen LogP contribution in [0.25, 0.3) is 0 Å². The van der Waals surface area contributed by atoms with E-state index in [2.05, 4.69) is 74.2 Å². The first-order chi connectivity index (χ1) is 17.8. The summed E-state index contributed by atoms with van der Waals surface area (Å²) in [6.07, 6.45) is 23.0. The molecule has 0 heterocycles. The highest BCUT2D eigenvalue weighted by molar-refractivity contribution is 6.92. The van der Waals surface area contributed by atoms with E-state index in [1.165, 1.54) is 93.8 Å². The summed E-state index contributed by atoms with van der Waals surface area (Å²) in [6, 6.07) is 21.3. The molecule has 0 aliphatic carbocycles. The lowest BCUT2D eigenvalue weighted by Gasteiger charge is -2.31. The van der Waals surface area contributed by atoms with Gasteiger partial charge in [0, 0.05) is 13.2 Å². The first-order valence-corrected chi connectivity index (χ1v) is 16.6. The van der Waals surface area contributed by atoms with Gasteiger partial charge in [-0.3, -0.25) is 0 Å². The molecule has 200 valence electrons. The average molecular weight is 509 g/mol. The van der Waals surface area contributed by atoms with E-state index in [-0.39, 0.29) is 0 Å². The van der Waals surface area contributed by atoms with Gasteiger partial charge in [-0.25, -0.2) is 0 Å². The molecule has 36 heavy (non-hydrogen) atoms. The van der Waals surface area contributed by atoms with Crippen LogP contribution in [0.5, 0.6) is 0 Å². The van der Waals surface area contributed by atoms with E-state index in [9.17, 15) is 0 Å². The molecule has 0 aromatic heterocycles. The molecule has 2 nitrogen and oxygen atoms in total. The van der Waals surface area contributed by atoms with Crippen molar-refractivity contribution in [1.29, 1.82) is 0 Å². The second-order valence-corrected chi connectivity index (χ2v) is 13.0. The maximum Gasteiger partial charge on any atom is 0.407 e. The van der Waals surface area contributed by atoms with Crippen molar-refractivity contribution in [2.24, 2.45) is 0 Å². The van der Waals surface area contributed by atoms with Crippen LogP contribution in [-0.4, -0.2) is 21.8 Å². The Balaban J connectivity index is 1.74. The van der Waals surface area contributed by atoms with E-state index in [0.29, 0.717) is 6.61 Å². The van der Waals surface area contributed by atoms with E-state index in [1.54, 1.807) is 0 Å². The molecule has 0 unspecified atom stereocenters. The third-order valence-corrected chi connectivity index (χ3v) is 10.4. The Labute approximate surface area is 223 Å². The molecule has 3 heteroatoms. The minimum atomic E-state index is -2.74. The predicted molar refractivity (Wildman–Crippen MR) is 160 cm³/mol. The molecule has 2 aromatic rings. The largest absolute Gasteiger partial charge is 0.407 e. The zero-order chi connectivity index (χ0) is 25.6. The Morgan fingerprint density at radius 1 is 0.556 bits per heavy atom. The Hall–Kier alpha value is -1.68. The zero-order valence-electron chi connectivity index (χ0n) is 23.1. The van der Waals surface area contributed by atoms with Crippen LogP contribution in [0.3, 0.4) is 0 Å². The Morgan fingerprint density at radius 2 is 0.944 bits per heavy atom. The summed E-state index contributed by atoms with van der Waals surface area (Å²) >= 11 is 0. The van der Waals surface area contributed by atoms with Gasteiger partial charge >= 0.3 is 8.56 Å². The van der Waals surface area contributed by atoms with Crippen LogP contribution in [0.1, 0.15) is 110 Å². The SMILES string of the molecule is C=CCCCO[Si](OCCCCCCCCCCCCCCCC)(c1ccccc1)c1ccccc1. The second-order valence-electron chi connectivity index (χ2n) is 10.1. The normalized spacial score (nSPS) is 11.6. The molecule has 0 aliphatic heterocycles.